The van der Waals surface area contributed by atoms with Gasteiger partial charge in [0.1, 0.15) is 12.4 Å². The van der Waals surface area contributed by atoms with E-state index in [2.05, 4.69) is 29.4 Å². The van der Waals surface area contributed by atoms with Gasteiger partial charge in [-0.1, -0.05) is 60.8 Å². The lowest BCUT2D eigenvalue weighted by atomic mass is 9.84. The third-order valence-electron chi connectivity index (χ3n) is 4.65. The van der Waals surface area contributed by atoms with Crippen molar-refractivity contribution in [2.45, 2.75) is 44.6 Å². The molecule has 0 atom stereocenters. The first-order chi connectivity index (χ1) is 11.8. The molecule has 2 aromatic carbocycles. The average Bonchev–Trinajstić information content (AvgIpc) is 2.67. The molecule has 3 rings (SSSR count). The molecule has 3 heteroatoms. The highest BCUT2D eigenvalue weighted by Crippen LogP contribution is 2.32. The number of methoxy groups -OCH3 is 1. The van der Waals surface area contributed by atoms with Crippen LogP contribution in [0, 0.1) is 0 Å². The van der Waals surface area contributed by atoms with Gasteiger partial charge in [0.25, 0.3) is 0 Å². The second-order valence-corrected chi connectivity index (χ2v) is 6.36. The zero-order valence-corrected chi connectivity index (χ0v) is 14.3. The molecular formula is C21H25NO2. The molecule has 0 spiro atoms. The van der Waals surface area contributed by atoms with E-state index in [-0.39, 0.29) is 0 Å². The van der Waals surface area contributed by atoms with Gasteiger partial charge in [-0.05, 0) is 47.6 Å². The van der Waals surface area contributed by atoms with Crippen LogP contribution in [0.5, 0.6) is 5.75 Å². The highest BCUT2D eigenvalue weighted by atomic mass is 16.6. The second kappa shape index (κ2) is 8.53. The maximum Gasteiger partial charge on any atom is 0.142 e. The van der Waals surface area contributed by atoms with Gasteiger partial charge >= 0.3 is 0 Å². The van der Waals surface area contributed by atoms with Crippen LogP contribution < -0.4 is 4.74 Å². The summed E-state index contributed by atoms with van der Waals surface area (Å²) in [6, 6.07) is 16.5. The van der Waals surface area contributed by atoms with Gasteiger partial charge in [-0.3, -0.25) is 0 Å². The molecule has 0 aliphatic heterocycles. The third-order valence-corrected chi connectivity index (χ3v) is 4.65. The molecule has 0 heterocycles. The summed E-state index contributed by atoms with van der Waals surface area (Å²) in [5.74, 6) is 1.58. The van der Waals surface area contributed by atoms with Crippen molar-refractivity contribution in [1.82, 2.24) is 0 Å². The molecule has 0 saturated heterocycles. The molecule has 0 radical (unpaired) electrons. The van der Waals surface area contributed by atoms with Crippen molar-refractivity contribution in [3.8, 4) is 5.75 Å². The minimum absolute atomic E-state index is 0.438. The number of oxime groups is 1. The number of rotatable bonds is 6. The number of ether oxygens (including phenoxy) is 1. The fourth-order valence-corrected chi connectivity index (χ4v) is 3.26. The molecule has 24 heavy (non-hydrogen) atoms. The number of hydrogen-bond donors (Lipinski definition) is 0. The Morgan fingerprint density at radius 1 is 1.04 bits per heavy atom. The van der Waals surface area contributed by atoms with Crippen molar-refractivity contribution >= 4 is 6.21 Å². The maximum absolute atomic E-state index is 5.38. The molecule has 1 aliphatic carbocycles. The van der Waals surface area contributed by atoms with Gasteiger partial charge in [0.05, 0.1) is 13.3 Å². The molecule has 1 fully saturated rings. The van der Waals surface area contributed by atoms with Crippen molar-refractivity contribution in [2.24, 2.45) is 5.16 Å². The molecule has 0 unspecified atom stereocenters. The lowest BCUT2D eigenvalue weighted by Crippen LogP contribution is -2.04. The first-order valence-corrected chi connectivity index (χ1v) is 8.73. The first-order valence-electron chi connectivity index (χ1n) is 8.73. The van der Waals surface area contributed by atoms with Crippen LogP contribution in [-0.2, 0) is 11.4 Å². The van der Waals surface area contributed by atoms with Crippen molar-refractivity contribution < 1.29 is 9.57 Å². The Labute approximate surface area is 144 Å². The molecule has 0 N–H and O–H groups in total. The van der Waals surface area contributed by atoms with Gasteiger partial charge in [0.15, 0.2) is 0 Å². The molecule has 3 nitrogen and oxygen atoms in total. The quantitative estimate of drug-likeness (QED) is 0.534. The molecule has 0 amide bonds. The van der Waals surface area contributed by atoms with Crippen LogP contribution in [0.1, 0.15) is 54.7 Å². The van der Waals surface area contributed by atoms with Crippen molar-refractivity contribution in [3.63, 3.8) is 0 Å². The highest BCUT2D eigenvalue weighted by Gasteiger charge is 2.14. The summed E-state index contributed by atoms with van der Waals surface area (Å²) in [5, 5.41) is 4.07. The van der Waals surface area contributed by atoms with Gasteiger partial charge in [0.2, 0.25) is 0 Å². The molecule has 0 aromatic heterocycles. The minimum Gasteiger partial charge on any atom is -0.497 e. The van der Waals surface area contributed by atoms with E-state index in [0.717, 1.165) is 22.8 Å². The summed E-state index contributed by atoms with van der Waals surface area (Å²) in [6.45, 7) is 0.438. The van der Waals surface area contributed by atoms with Crippen LogP contribution >= 0.6 is 0 Å². The van der Waals surface area contributed by atoms with Gasteiger partial charge in [-0.2, -0.15) is 0 Å². The largest absolute Gasteiger partial charge is 0.497 e. The zero-order chi connectivity index (χ0) is 16.6. The fourth-order valence-electron chi connectivity index (χ4n) is 3.26. The highest BCUT2D eigenvalue weighted by molar-refractivity contribution is 5.79. The van der Waals surface area contributed by atoms with Crippen molar-refractivity contribution in [2.75, 3.05) is 7.11 Å². The van der Waals surface area contributed by atoms with Gasteiger partial charge in [-0.15, -0.1) is 0 Å². The fraction of sp³-hybridized carbons (Fsp3) is 0.381. The molecular weight excluding hydrogens is 298 g/mol. The standard InChI is InChI=1S/C21H25NO2/c1-23-21-9-5-6-18(14-21)16-24-22-15-17-10-12-20(13-11-17)19-7-3-2-4-8-19/h5-6,9-15,19H,2-4,7-8,16H2,1H3. The molecule has 0 bridgehead atoms. The summed E-state index contributed by atoms with van der Waals surface area (Å²) < 4.78 is 5.20. The number of nitrogens with zero attached hydrogens (tertiary/aromatic N) is 1. The topological polar surface area (TPSA) is 30.8 Å². The van der Waals surface area contributed by atoms with Crippen molar-refractivity contribution in [3.05, 3.63) is 65.2 Å². The van der Waals surface area contributed by atoms with Crippen LogP contribution in [0.25, 0.3) is 0 Å². The Hall–Kier alpha value is -2.29. The van der Waals surface area contributed by atoms with Crippen molar-refractivity contribution in [1.29, 1.82) is 0 Å². The van der Waals surface area contributed by atoms with E-state index in [1.165, 1.54) is 37.7 Å². The first kappa shape index (κ1) is 16.6. The Morgan fingerprint density at radius 3 is 2.58 bits per heavy atom. The van der Waals surface area contributed by atoms with E-state index >= 15 is 0 Å². The van der Waals surface area contributed by atoms with Gasteiger partial charge in [-0.25, -0.2) is 0 Å². The average molecular weight is 323 g/mol. The Kier molecular flexibility index (Phi) is 5.89. The van der Waals surface area contributed by atoms with Gasteiger partial charge in [0, 0.05) is 0 Å². The Bertz CT molecular complexity index is 658. The van der Waals surface area contributed by atoms with Crippen LogP contribution in [0.15, 0.2) is 53.7 Å². The SMILES string of the molecule is COc1cccc(CON=Cc2ccc(C3CCCCC3)cc2)c1. The lowest BCUT2D eigenvalue weighted by Gasteiger charge is -2.21. The van der Waals surface area contributed by atoms with E-state index in [4.69, 9.17) is 9.57 Å². The number of benzene rings is 2. The normalized spacial score (nSPS) is 15.5. The predicted octanol–water partition coefficient (Wildman–Crippen LogP) is 5.29. The summed E-state index contributed by atoms with van der Waals surface area (Å²) in [7, 11) is 1.66. The second-order valence-electron chi connectivity index (χ2n) is 6.36. The third kappa shape index (κ3) is 4.60. The Morgan fingerprint density at radius 2 is 1.83 bits per heavy atom. The van der Waals surface area contributed by atoms with E-state index in [9.17, 15) is 0 Å². The lowest BCUT2D eigenvalue weighted by molar-refractivity contribution is 0.132. The predicted molar refractivity (Wildman–Crippen MR) is 97.6 cm³/mol. The Balaban J connectivity index is 1.50. The van der Waals surface area contributed by atoms with Gasteiger partial charge < -0.3 is 9.57 Å². The van der Waals surface area contributed by atoms with Crippen LogP contribution in [0.4, 0.5) is 0 Å². The van der Waals surface area contributed by atoms with Crippen LogP contribution in [0.3, 0.4) is 0 Å². The van der Waals surface area contributed by atoms with E-state index in [0.29, 0.717) is 6.61 Å². The van der Waals surface area contributed by atoms with E-state index in [1.807, 2.05) is 24.3 Å². The molecule has 1 saturated carbocycles. The smallest absolute Gasteiger partial charge is 0.142 e. The summed E-state index contributed by atoms with van der Waals surface area (Å²) in [6.07, 6.45) is 8.56. The van der Waals surface area contributed by atoms with Crippen LogP contribution in [-0.4, -0.2) is 13.3 Å². The maximum atomic E-state index is 5.38. The van der Waals surface area contributed by atoms with Crippen LogP contribution in [0.2, 0.25) is 0 Å². The number of hydrogen-bond acceptors (Lipinski definition) is 3. The summed E-state index contributed by atoms with van der Waals surface area (Å²) in [5.41, 5.74) is 3.57. The zero-order valence-electron chi connectivity index (χ0n) is 14.3. The molecule has 2 aromatic rings. The minimum atomic E-state index is 0.438. The summed E-state index contributed by atoms with van der Waals surface area (Å²) >= 11 is 0. The van der Waals surface area contributed by atoms with E-state index in [1.54, 1.807) is 13.3 Å². The van der Waals surface area contributed by atoms with E-state index < -0.39 is 0 Å². The molecule has 126 valence electrons. The molecule has 1 aliphatic rings. The summed E-state index contributed by atoms with van der Waals surface area (Å²) in [4.78, 5) is 5.38. The monoisotopic (exact) mass is 323 g/mol.